The van der Waals surface area contributed by atoms with Crippen LogP contribution in [0.1, 0.15) is 11.1 Å². The van der Waals surface area contributed by atoms with Crippen molar-refractivity contribution < 1.29 is 0 Å². The summed E-state index contributed by atoms with van der Waals surface area (Å²) in [5.74, 6) is 0. The Morgan fingerprint density at radius 1 is 0.415 bits per heavy atom. The van der Waals surface area contributed by atoms with Crippen LogP contribution in [0.25, 0.3) is 65.0 Å². The summed E-state index contributed by atoms with van der Waals surface area (Å²) >= 11 is 1.87. The molecule has 0 N–H and O–H groups in total. The van der Waals surface area contributed by atoms with Crippen molar-refractivity contribution in [2.24, 2.45) is 0 Å². The molecule has 0 bridgehead atoms. The lowest BCUT2D eigenvalue weighted by molar-refractivity contribution is 1.45. The minimum atomic E-state index is 1.26. The first kappa shape index (κ1) is 24.2. The summed E-state index contributed by atoms with van der Waals surface area (Å²) in [5.41, 5.74) is 5.26. The maximum absolute atomic E-state index is 2.41. The molecular weight excluding hydrogens is 513 g/mol. The first-order valence-corrected chi connectivity index (χ1v) is 15.0. The van der Waals surface area contributed by atoms with Gasteiger partial charge in [-0.05, 0) is 103 Å². The fourth-order valence-corrected chi connectivity index (χ4v) is 7.63. The van der Waals surface area contributed by atoms with Crippen LogP contribution in [0, 0.1) is 13.8 Å². The minimum absolute atomic E-state index is 1.26. The van der Waals surface area contributed by atoms with E-state index < -0.39 is 0 Å². The van der Waals surface area contributed by atoms with Crippen molar-refractivity contribution in [2.45, 2.75) is 23.6 Å². The lowest BCUT2D eigenvalue weighted by atomic mass is 9.86. The molecule has 0 atom stereocenters. The van der Waals surface area contributed by atoms with Crippen LogP contribution in [0.4, 0.5) is 0 Å². The highest BCUT2D eigenvalue weighted by Crippen LogP contribution is 2.44. The highest BCUT2D eigenvalue weighted by atomic mass is 32.2. The molecule has 0 radical (unpaired) electrons. The van der Waals surface area contributed by atoms with Gasteiger partial charge in [0.1, 0.15) is 0 Å². The van der Waals surface area contributed by atoms with E-state index in [1.54, 1.807) is 0 Å². The third kappa shape index (κ3) is 3.92. The van der Waals surface area contributed by atoms with Crippen molar-refractivity contribution in [3.63, 3.8) is 0 Å². The van der Waals surface area contributed by atoms with E-state index in [9.17, 15) is 0 Å². The van der Waals surface area contributed by atoms with Gasteiger partial charge in [0.05, 0.1) is 0 Å². The van der Waals surface area contributed by atoms with Gasteiger partial charge in [0.2, 0.25) is 0 Å². The topological polar surface area (TPSA) is 0 Å². The molecule has 0 unspecified atom stereocenters. The van der Waals surface area contributed by atoms with Gasteiger partial charge in [-0.15, -0.1) is 0 Å². The van der Waals surface area contributed by atoms with E-state index >= 15 is 0 Å². The second kappa shape index (κ2) is 9.51. The monoisotopic (exact) mass is 540 g/mol. The van der Waals surface area contributed by atoms with Gasteiger partial charge >= 0.3 is 0 Å². The molecule has 0 aromatic heterocycles. The quantitative estimate of drug-likeness (QED) is 0.201. The number of hydrogen-bond donors (Lipinski definition) is 0. The zero-order valence-electron chi connectivity index (χ0n) is 23.1. The summed E-state index contributed by atoms with van der Waals surface area (Å²) in [5, 5.41) is 13.1. The molecule has 0 aliphatic rings. The molecule has 0 saturated carbocycles. The Morgan fingerprint density at radius 3 is 1.90 bits per heavy atom. The maximum Gasteiger partial charge on any atom is 0.0207 e. The lowest BCUT2D eigenvalue weighted by Crippen LogP contribution is -1.92. The molecule has 0 aliphatic heterocycles. The average Bonchev–Trinajstić information content (AvgIpc) is 3.01. The smallest absolute Gasteiger partial charge is 0.0207 e. The van der Waals surface area contributed by atoms with Crippen LogP contribution in [0.5, 0.6) is 0 Å². The van der Waals surface area contributed by atoms with Crippen LogP contribution in [0.15, 0.2) is 143 Å². The van der Waals surface area contributed by atoms with E-state index in [4.69, 9.17) is 0 Å². The Kier molecular flexibility index (Phi) is 5.62. The van der Waals surface area contributed by atoms with Gasteiger partial charge in [-0.3, -0.25) is 0 Å². The van der Waals surface area contributed by atoms with E-state index in [-0.39, 0.29) is 0 Å². The van der Waals surface area contributed by atoms with Crippen LogP contribution in [-0.2, 0) is 0 Å². The van der Waals surface area contributed by atoms with Gasteiger partial charge in [-0.2, -0.15) is 0 Å². The summed E-state index contributed by atoms with van der Waals surface area (Å²) in [4.78, 5) is 2.55. The number of aryl methyl sites for hydroxylation is 2. The Bertz CT molecular complexity index is 2300. The van der Waals surface area contributed by atoms with Crippen molar-refractivity contribution in [3.8, 4) is 11.1 Å². The Labute approximate surface area is 244 Å². The van der Waals surface area contributed by atoms with E-state index in [1.807, 2.05) is 11.8 Å². The fraction of sp³-hybridized carbons (Fsp3) is 0.0500. The third-order valence-electron chi connectivity index (χ3n) is 8.52. The van der Waals surface area contributed by atoms with Gasteiger partial charge in [-0.1, -0.05) is 133 Å². The standard InChI is InChI=1S/C40H28S/c1-25-18-20-34-33-21-19-29(41-39-23-28-11-4-6-14-31(28)32-15-7-8-16-35(32)39)24-37(33)26(2)40(38(34)22-25)36-17-9-12-27-10-3-5-13-30(27)36/h3-24H,1-2H3. The molecular formula is C40H28S. The van der Waals surface area contributed by atoms with Crippen molar-refractivity contribution in [3.05, 3.63) is 145 Å². The second-order valence-corrected chi connectivity index (χ2v) is 12.1. The predicted octanol–water partition coefficient (Wildman–Crippen LogP) is 11.9. The highest BCUT2D eigenvalue weighted by Gasteiger charge is 2.17. The van der Waals surface area contributed by atoms with Gasteiger partial charge < -0.3 is 0 Å². The number of rotatable bonds is 3. The van der Waals surface area contributed by atoms with Crippen molar-refractivity contribution in [2.75, 3.05) is 0 Å². The van der Waals surface area contributed by atoms with Crippen LogP contribution >= 0.6 is 11.8 Å². The number of benzene rings is 8. The predicted molar refractivity (Wildman–Crippen MR) is 179 cm³/mol. The summed E-state index contributed by atoms with van der Waals surface area (Å²) < 4.78 is 0. The molecule has 41 heavy (non-hydrogen) atoms. The molecule has 0 amide bonds. The number of fused-ring (bicyclic) bond motifs is 7. The molecule has 194 valence electrons. The van der Waals surface area contributed by atoms with E-state index in [0.717, 1.165) is 0 Å². The first-order chi connectivity index (χ1) is 20.2. The molecule has 0 heterocycles. The third-order valence-corrected chi connectivity index (χ3v) is 9.57. The lowest BCUT2D eigenvalue weighted by Gasteiger charge is -2.18. The molecule has 0 spiro atoms. The summed E-state index contributed by atoms with van der Waals surface area (Å²) in [6.45, 7) is 4.50. The van der Waals surface area contributed by atoms with E-state index in [2.05, 4.69) is 147 Å². The minimum Gasteiger partial charge on any atom is -0.0894 e. The Morgan fingerprint density at radius 2 is 1.05 bits per heavy atom. The summed E-state index contributed by atoms with van der Waals surface area (Å²) in [6.07, 6.45) is 0. The fourth-order valence-electron chi connectivity index (χ4n) is 6.59. The van der Waals surface area contributed by atoms with Crippen LogP contribution in [0.3, 0.4) is 0 Å². The first-order valence-electron chi connectivity index (χ1n) is 14.2. The molecule has 0 fully saturated rings. The molecule has 8 aromatic rings. The summed E-state index contributed by atoms with van der Waals surface area (Å²) in [7, 11) is 0. The van der Waals surface area contributed by atoms with Crippen molar-refractivity contribution in [1.29, 1.82) is 0 Å². The average molecular weight is 541 g/mol. The molecule has 8 aromatic carbocycles. The van der Waals surface area contributed by atoms with Gasteiger partial charge in [0, 0.05) is 9.79 Å². The SMILES string of the molecule is Cc1ccc2c(c1)c(-c1cccc3ccccc13)c(C)c1cc(Sc3cc4ccccc4c4ccccc34)ccc12. The largest absolute Gasteiger partial charge is 0.0894 e. The van der Waals surface area contributed by atoms with E-state index in [0.29, 0.717) is 0 Å². The van der Waals surface area contributed by atoms with Crippen LogP contribution < -0.4 is 0 Å². The maximum atomic E-state index is 2.41. The van der Waals surface area contributed by atoms with Gasteiger partial charge in [-0.25, -0.2) is 0 Å². The van der Waals surface area contributed by atoms with Gasteiger partial charge in [0.15, 0.2) is 0 Å². The van der Waals surface area contributed by atoms with Crippen molar-refractivity contribution >= 4 is 65.6 Å². The highest BCUT2D eigenvalue weighted by molar-refractivity contribution is 7.99. The molecule has 0 saturated heterocycles. The Balaban J connectivity index is 1.38. The molecule has 8 rings (SSSR count). The molecule has 1 heteroatoms. The van der Waals surface area contributed by atoms with Gasteiger partial charge in [0.25, 0.3) is 0 Å². The zero-order chi connectivity index (χ0) is 27.5. The normalized spacial score (nSPS) is 11.8. The second-order valence-electron chi connectivity index (χ2n) is 11.0. The zero-order valence-corrected chi connectivity index (χ0v) is 23.9. The summed E-state index contributed by atoms with van der Waals surface area (Å²) in [6, 6.07) is 49.3. The molecule has 0 aliphatic carbocycles. The molecule has 0 nitrogen and oxygen atoms in total. The van der Waals surface area contributed by atoms with Crippen LogP contribution in [-0.4, -0.2) is 0 Å². The van der Waals surface area contributed by atoms with Crippen molar-refractivity contribution in [1.82, 2.24) is 0 Å². The Hall–Kier alpha value is -4.59. The number of hydrogen-bond acceptors (Lipinski definition) is 1. The van der Waals surface area contributed by atoms with Crippen LogP contribution in [0.2, 0.25) is 0 Å². The van der Waals surface area contributed by atoms with E-state index in [1.165, 1.54) is 85.9 Å².